The molecule has 1 aromatic rings. The molecule has 2 amide bonds. The predicted molar refractivity (Wildman–Crippen MR) is 76.4 cm³/mol. The summed E-state index contributed by atoms with van der Waals surface area (Å²) < 4.78 is 5.05. The molecule has 0 aliphatic heterocycles. The number of anilines is 1. The number of carbonyl (C=O) groups is 2. The Hall–Kier alpha value is -2.04. The van der Waals surface area contributed by atoms with Gasteiger partial charge in [-0.2, -0.15) is 0 Å². The first-order valence-electron chi connectivity index (χ1n) is 7.00. The summed E-state index contributed by atoms with van der Waals surface area (Å²) in [7, 11) is 0. The molecule has 0 aromatic heterocycles. The van der Waals surface area contributed by atoms with Crippen molar-refractivity contribution >= 4 is 17.7 Å². The van der Waals surface area contributed by atoms with Crippen LogP contribution in [0, 0.1) is 5.92 Å². The van der Waals surface area contributed by atoms with Crippen molar-refractivity contribution in [2.45, 2.75) is 32.2 Å². The number of hydrogen-bond acceptors (Lipinski definition) is 3. The summed E-state index contributed by atoms with van der Waals surface area (Å²) in [6.07, 6.45) is 2.51. The van der Waals surface area contributed by atoms with E-state index in [-0.39, 0.29) is 24.0 Å². The van der Waals surface area contributed by atoms with Crippen LogP contribution in [0.25, 0.3) is 0 Å². The Morgan fingerprint density at radius 2 is 2.00 bits per heavy atom. The number of benzene rings is 1. The Kier molecular flexibility index (Phi) is 4.98. The Labute approximate surface area is 118 Å². The smallest absolute Gasteiger partial charge is 0.319 e. The van der Waals surface area contributed by atoms with E-state index in [0.29, 0.717) is 6.61 Å². The fraction of sp³-hybridized carbons (Fsp3) is 0.467. The molecule has 1 fully saturated rings. The Morgan fingerprint density at radius 3 is 2.70 bits per heavy atom. The van der Waals surface area contributed by atoms with Crippen LogP contribution in [0.1, 0.15) is 26.2 Å². The highest BCUT2D eigenvalue weighted by molar-refractivity contribution is 5.89. The maximum Gasteiger partial charge on any atom is 0.319 e. The normalized spacial score (nSPS) is 21.2. The SMILES string of the molecule is CCOC(=O)[C@@H]1CCC[C@H]1NC(=O)Nc1ccccc1. The molecule has 108 valence electrons. The van der Waals surface area contributed by atoms with Gasteiger partial charge < -0.3 is 15.4 Å². The maximum absolute atomic E-state index is 11.9. The summed E-state index contributed by atoms with van der Waals surface area (Å²) in [4.78, 5) is 23.7. The maximum atomic E-state index is 11.9. The van der Waals surface area contributed by atoms with Crippen LogP contribution < -0.4 is 10.6 Å². The number of para-hydroxylation sites is 1. The van der Waals surface area contributed by atoms with Crippen LogP contribution in [0.3, 0.4) is 0 Å². The fourth-order valence-electron chi connectivity index (χ4n) is 2.52. The van der Waals surface area contributed by atoms with Gasteiger partial charge in [-0.15, -0.1) is 0 Å². The van der Waals surface area contributed by atoms with E-state index < -0.39 is 0 Å². The highest BCUT2D eigenvalue weighted by Crippen LogP contribution is 2.27. The third-order valence-electron chi connectivity index (χ3n) is 3.45. The van der Waals surface area contributed by atoms with E-state index in [4.69, 9.17) is 4.74 Å². The molecule has 2 N–H and O–H groups in total. The van der Waals surface area contributed by atoms with Crippen molar-refractivity contribution < 1.29 is 14.3 Å². The molecule has 5 heteroatoms. The number of ether oxygens (including phenoxy) is 1. The zero-order valence-corrected chi connectivity index (χ0v) is 11.6. The lowest BCUT2D eigenvalue weighted by molar-refractivity contribution is -0.148. The number of urea groups is 1. The van der Waals surface area contributed by atoms with Crippen molar-refractivity contribution in [1.29, 1.82) is 0 Å². The summed E-state index contributed by atoms with van der Waals surface area (Å²) in [5.74, 6) is -0.438. The molecule has 0 heterocycles. The van der Waals surface area contributed by atoms with Gasteiger partial charge in [0.2, 0.25) is 0 Å². The van der Waals surface area contributed by atoms with E-state index >= 15 is 0 Å². The molecule has 1 aliphatic rings. The molecule has 2 atom stereocenters. The molecule has 0 saturated heterocycles. The second-order valence-corrected chi connectivity index (χ2v) is 4.86. The summed E-state index contributed by atoms with van der Waals surface area (Å²) in [5.41, 5.74) is 0.732. The molecule has 1 aliphatic carbocycles. The molecule has 1 saturated carbocycles. The number of nitrogens with one attached hydrogen (secondary N) is 2. The summed E-state index contributed by atoms with van der Waals surface area (Å²) in [5, 5.41) is 5.62. The van der Waals surface area contributed by atoms with E-state index in [0.717, 1.165) is 24.9 Å². The lowest BCUT2D eigenvalue weighted by Gasteiger charge is -2.19. The minimum atomic E-state index is -0.280. The van der Waals surface area contributed by atoms with Gasteiger partial charge in [0, 0.05) is 11.7 Å². The minimum Gasteiger partial charge on any atom is -0.466 e. The first kappa shape index (κ1) is 14.4. The highest BCUT2D eigenvalue weighted by Gasteiger charge is 2.35. The Morgan fingerprint density at radius 1 is 1.25 bits per heavy atom. The number of rotatable bonds is 4. The minimum absolute atomic E-state index is 0.141. The molecule has 1 aromatic carbocycles. The van der Waals surface area contributed by atoms with Crippen LogP contribution in [0.2, 0.25) is 0 Å². The van der Waals surface area contributed by atoms with Crippen molar-refractivity contribution in [3.8, 4) is 0 Å². The topological polar surface area (TPSA) is 67.4 Å². The molecule has 20 heavy (non-hydrogen) atoms. The molecule has 5 nitrogen and oxygen atoms in total. The van der Waals surface area contributed by atoms with Crippen LogP contribution in [0.5, 0.6) is 0 Å². The average molecular weight is 276 g/mol. The Balaban J connectivity index is 1.88. The predicted octanol–water partition coefficient (Wildman–Crippen LogP) is 2.54. The monoisotopic (exact) mass is 276 g/mol. The largest absolute Gasteiger partial charge is 0.466 e. The van der Waals surface area contributed by atoms with Gasteiger partial charge in [0.05, 0.1) is 12.5 Å². The van der Waals surface area contributed by atoms with Gasteiger partial charge in [0.25, 0.3) is 0 Å². The number of hydrogen-bond donors (Lipinski definition) is 2. The van der Waals surface area contributed by atoms with Gasteiger partial charge in [-0.3, -0.25) is 4.79 Å². The molecular formula is C15H20N2O3. The summed E-state index contributed by atoms with van der Waals surface area (Å²) in [6.45, 7) is 2.16. The van der Waals surface area contributed by atoms with E-state index in [1.54, 1.807) is 6.92 Å². The van der Waals surface area contributed by atoms with Crippen LogP contribution in [-0.2, 0) is 9.53 Å². The van der Waals surface area contributed by atoms with Crippen molar-refractivity contribution in [1.82, 2.24) is 5.32 Å². The lowest BCUT2D eigenvalue weighted by atomic mass is 10.0. The van der Waals surface area contributed by atoms with Gasteiger partial charge in [-0.25, -0.2) is 4.79 Å². The number of amides is 2. The zero-order chi connectivity index (χ0) is 14.4. The quantitative estimate of drug-likeness (QED) is 0.830. The second-order valence-electron chi connectivity index (χ2n) is 4.86. The Bertz CT molecular complexity index is 461. The first-order valence-corrected chi connectivity index (χ1v) is 7.00. The fourth-order valence-corrected chi connectivity index (χ4v) is 2.52. The number of esters is 1. The lowest BCUT2D eigenvalue weighted by Crippen LogP contribution is -2.42. The molecular weight excluding hydrogens is 256 g/mol. The molecule has 2 rings (SSSR count). The molecule has 0 radical (unpaired) electrons. The molecule has 0 unspecified atom stereocenters. The number of carbonyl (C=O) groups excluding carboxylic acids is 2. The van der Waals surface area contributed by atoms with E-state index in [1.165, 1.54) is 0 Å². The van der Waals surface area contributed by atoms with Crippen molar-refractivity contribution in [2.24, 2.45) is 5.92 Å². The van der Waals surface area contributed by atoms with E-state index in [2.05, 4.69) is 10.6 Å². The van der Waals surface area contributed by atoms with Crippen LogP contribution >= 0.6 is 0 Å². The van der Waals surface area contributed by atoms with Gasteiger partial charge in [0.15, 0.2) is 0 Å². The molecule has 0 bridgehead atoms. The van der Waals surface area contributed by atoms with Crippen molar-refractivity contribution in [3.63, 3.8) is 0 Å². The van der Waals surface area contributed by atoms with Crippen LogP contribution in [0.15, 0.2) is 30.3 Å². The average Bonchev–Trinajstić information content (AvgIpc) is 2.88. The van der Waals surface area contributed by atoms with Gasteiger partial charge in [0.1, 0.15) is 0 Å². The van der Waals surface area contributed by atoms with Gasteiger partial charge in [-0.05, 0) is 31.9 Å². The first-order chi connectivity index (χ1) is 9.70. The molecule has 0 spiro atoms. The highest BCUT2D eigenvalue weighted by atomic mass is 16.5. The summed E-state index contributed by atoms with van der Waals surface area (Å²) >= 11 is 0. The van der Waals surface area contributed by atoms with Crippen LogP contribution in [0.4, 0.5) is 10.5 Å². The standard InChI is InChI=1S/C15H20N2O3/c1-2-20-14(18)12-9-6-10-13(12)17-15(19)16-11-7-4-3-5-8-11/h3-5,7-8,12-13H,2,6,9-10H2,1H3,(H2,16,17,19)/t12-,13-/m1/s1. The summed E-state index contributed by atoms with van der Waals surface area (Å²) in [6, 6.07) is 8.81. The third-order valence-corrected chi connectivity index (χ3v) is 3.45. The van der Waals surface area contributed by atoms with Crippen molar-refractivity contribution in [2.75, 3.05) is 11.9 Å². The third kappa shape index (κ3) is 3.73. The van der Waals surface area contributed by atoms with Crippen LogP contribution in [-0.4, -0.2) is 24.6 Å². The van der Waals surface area contributed by atoms with Crippen molar-refractivity contribution in [3.05, 3.63) is 30.3 Å². The van der Waals surface area contributed by atoms with Gasteiger partial charge >= 0.3 is 12.0 Å². The van der Waals surface area contributed by atoms with E-state index in [9.17, 15) is 9.59 Å². The second kappa shape index (κ2) is 6.93. The van der Waals surface area contributed by atoms with E-state index in [1.807, 2.05) is 30.3 Å². The zero-order valence-electron chi connectivity index (χ0n) is 11.6. The van der Waals surface area contributed by atoms with Gasteiger partial charge in [-0.1, -0.05) is 24.6 Å².